The highest BCUT2D eigenvalue weighted by Crippen LogP contribution is 2.23. The van der Waals surface area contributed by atoms with Crippen LogP contribution in [-0.4, -0.2) is 37.7 Å². The highest BCUT2D eigenvalue weighted by atomic mass is 16.7. The Morgan fingerprint density at radius 1 is 0.828 bits per heavy atom. The third-order valence-electron chi connectivity index (χ3n) is 4.91. The zero-order valence-corrected chi connectivity index (χ0v) is 15.7. The minimum atomic E-state index is -0.271. The number of benzene rings is 2. The van der Waals surface area contributed by atoms with E-state index in [0.717, 1.165) is 35.0 Å². The Bertz CT molecular complexity index is 944. The molecule has 2 aromatic rings. The van der Waals surface area contributed by atoms with Gasteiger partial charge in [-0.05, 0) is 23.3 Å². The van der Waals surface area contributed by atoms with Crippen molar-refractivity contribution in [3.8, 4) is 0 Å². The van der Waals surface area contributed by atoms with Crippen LogP contribution in [0.2, 0.25) is 0 Å². The topological polar surface area (TPSA) is 88.1 Å². The molecular weight excluding hydrogens is 376 g/mol. The summed E-state index contributed by atoms with van der Waals surface area (Å²) in [5.41, 5.74) is 5.17. The zero-order valence-electron chi connectivity index (χ0n) is 15.7. The van der Waals surface area contributed by atoms with Crippen LogP contribution < -0.4 is 0 Å². The van der Waals surface area contributed by atoms with Crippen LogP contribution in [-0.2, 0) is 49.8 Å². The molecule has 0 unspecified atom stereocenters. The summed E-state index contributed by atoms with van der Waals surface area (Å²) in [6, 6.07) is 11.1. The predicted molar refractivity (Wildman–Crippen MR) is 100 cm³/mol. The van der Waals surface area contributed by atoms with Crippen molar-refractivity contribution < 1.29 is 33.3 Å². The molecule has 7 heteroatoms. The summed E-state index contributed by atoms with van der Waals surface area (Å²) in [4.78, 5) is 32.5. The van der Waals surface area contributed by atoms with Crippen molar-refractivity contribution in [2.24, 2.45) is 0 Å². The van der Waals surface area contributed by atoms with Crippen LogP contribution >= 0.6 is 0 Å². The molecule has 1 fully saturated rings. The first kappa shape index (κ1) is 19.3. The number of carbonyl (C=O) groups is 3. The molecule has 29 heavy (non-hydrogen) atoms. The Labute approximate surface area is 167 Å². The first-order chi connectivity index (χ1) is 14.1. The molecule has 3 aliphatic rings. The molecule has 0 atom stereocenters. The lowest BCUT2D eigenvalue weighted by molar-refractivity contribution is -0.107. The second-order valence-corrected chi connectivity index (χ2v) is 6.88. The SMILES string of the molecule is O=C1OCc2cc(CC3OCCO3)ccc21.O=CCc1ccc2c(c1)COC2=O. The zero-order chi connectivity index (χ0) is 20.2. The summed E-state index contributed by atoms with van der Waals surface area (Å²) in [5, 5.41) is 0. The van der Waals surface area contributed by atoms with Crippen LogP contribution in [0.25, 0.3) is 0 Å². The third kappa shape index (κ3) is 4.36. The van der Waals surface area contributed by atoms with E-state index in [0.29, 0.717) is 44.0 Å². The van der Waals surface area contributed by atoms with Crippen LogP contribution in [0.4, 0.5) is 0 Å². The van der Waals surface area contributed by atoms with E-state index in [9.17, 15) is 14.4 Å². The standard InChI is InChI=1S/C12H12O4.C10H8O3/c13-12-10-2-1-8(5-9(10)7-16-12)6-11-14-3-4-15-11;11-4-3-7-1-2-9-8(5-7)6-13-10(9)12/h1-2,5,11H,3-4,6-7H2;1-2,4-5H,3,6H2. The maximum Gasteiger partial charge on any atom is 0.338 e. The minimum absolute atomic E-state index is 0.143. The van der Waals surface area contributed by atoms with Crippen LogP contribution in [0.3, 0.4) is 0 Å². The fourth-order valence-electron chi connectivity index (χ4n) is 3.44. The van der Waals surface area contributed by atoms with Crippen molar-refractivity contribution in [1.82, 2.24) is 0 Å². The van der Waals surface area contributed by atoms with E-state index in [4.69, 9.17) is 18.9 Å². The number of aldehydes is 1. The number of carbonyl (C=O) groups excluding carboxylic acids is 3. The Morgan fingerprint density at radius 3 is 1.97 bits per heavy atom. The van der Waals surface area contributed by atoms with Crippen molar-refractivity contribution >= 4 is 18.2 Å². The second kappa shape index (κ2) is 8.55. The minimum Gasteiger partial charge on any atom is -0.457 e. The molecule has 0 N–H and O–H groups in total. The van der Waals surface area contributed by atoms with E-state index in [2.05, 4.69) is 0 Å². The maximum atomic E-state index is 11.2. The van der Waals surface area contributed by atoms with Crippen LogP contribution in [0, 0.1) is 0 Å². The fraction of sp³-hybridized carbons (Fsp3) is 0.318. The molecule has 0 aliphatic carbocycles. The van der Waals surface area contributed by atoms with Gasteiger partial charge in [0.25, 0.3) is 0 Å². The number of rotatable bonds is 4. The number of hydrogen-bond donors (Lipinski definition) is 0. The highest BCUT2D eigenvalue weighted by molar-refractivity contribution is 5.93. The Morgan fingerprint density at radius 2 is 1.38 bits per heavy atom. The molecule has 0 radical (unpaired) electrons. The summed E-state index contributed by atoms with van der Waals surface area (Å²) in [6.45, 7) is 2.05. The number of hydrogen-bond acceptors (Lipinski definition) is 7. The van der Waals surface area contributed by atoms with Gasteiger partial charge >= 0.3 is 11.9 Å². The quantitative estimate of drug-likeness (QED) is 0.579. The van der Waals surface area contributed by atoms with Crippen molar-refractivity contribution in [2.75, 3.05) is 13.2 Å². The summed E-state index contributed by atoms with van der Waals surface area (Å²) in [5.74, 6) is -0.498. The van der Waals surface area contributed by atoms with E-state index in [1.165, 1.54) is 0 Å². The Hall–Kier alpha value is -3.03. The molecule has 0 bridgehead atoms. The van der Waals surface area contributed by atoms with Crippen molar-refractivity contribution in [2.45, 2.75) is 32.3 Å². The summed E-state index contributed by atoms with van der Waals surface area (Å²) >= 11 is 0. The molecule has 0 aromatic heterocycles. The average molecular weight is 396 g/mol. The molecule has 0 saturated carbocycles. The van der Waals surface area contributed by atoms with Crippen LogP contribution in [0.5, 0.6) is 0 Å². The van der Waals surface area contributed by atoms with Crippen molar-refractivity contribution in [3.63, 3.8) is 0 Å². The van der Waals surface area contributed by atoms with Gasteiger partial charge in [0.15, 0.2) is 6.29 Å². The summed E-state index contributed by atoms with van der Waals surface area (Å²) in [7, 11) is 0. The van der Waals surface area contributed by atoms with E-state index in [1.807, 2.05) is 24.3 Å². The average Bonchev–Trinajstić information content (AvgIpc) is 3.45. The van der Waals surface area contributed by atoms with Crippen LogP contribution in [0.15, 0.2) is 36.4 Å². The number of cyclic esters (lactones) is 2. The van der Waals surface area contributed by atoms with Gasteiger partial charge in [0, 0.05) is 24.0 Å². The molecule has 0 amide bonds. The van der Waals surface area contributed by atoms with Gasteiger partial charge in [-0.1, -0.05) is 24.3 Å². The maximum absolute atomic E-state index is 11.2. The van der Waals surface area contributed by atoms with Gasteiger partial charge in [0.05, 0.1) is 24.3 Å². The lowest BCUT2D eigenvalue weighted by Gasteiger charge is -2.09. The van der Waals surface area contributed by atoms with E-state index in [-0.39, 0.29) is 18.2 Å². The smallest absolute Gasteiger partial charge is 0.338 e. The van der Waals surface area contributed by atoms with Gasteiger partial charge in [-0.25, -0.2) is 9.59 Å². The molecule has 2 aromatic carbocycles. The molecular formula is C22H20O7. The van der Waals surface area contributed by atoms with Crippen molar-refractivity contribution in [3.05, 3.63) is 69.8 Å². The van der Waals surface area contributed by atoms with Gasteiger partial charge in [-0.15, -0.1) is 0 Å². The molecule has 5 rings (SSSR count). The Balaban J connectivity index is 0.000000145. The van der Waals surface area contributed by atoms with E-state index in [1.54, 1.807) is 12.1 Å². The molecule has 3 aliphatic heterocycles. The predicted octanol–water partition coefficient (Wildman–Crippen LogP) is 2.37. The molecule has 0 spiro atoms. The molecule has 150 valence electrons. The van der Waals surface area contributed by atoms with Gasteiger partial charge in [-0.2, -0.15) is 0 Å². The molecule has 1 saturated heterocycles. The van der Waals surface area contributed by atoms with Gasteiger partial charge in [0.2, 0.25) is 0 Å². The van der Waals surface area contributed by atoms with Gasteiger partial charge < -0.3 is 23.7 Å². The Kier molecular flexibility index (Phi) is 5.69. The second-order valence-electron chi connectivity index (χ2n) is 6.88. The number of fused-ring (bicyclic) bond motifs is 2. The summed E-state index contributed by atoms with van der Waals surface area (Å²) < 4.78 is 20.5. The van der Waals surface area contributed by atoms with Crippen LogP contribution in [0.1, 0.15) is 43.0 Å². The highest BCUT2D eigenvalue weighted by Gasteiger charge is 2.23. The largest absolute Gasteiger partial charge is 0.457 e. The summed E-state index contributed by atoms with van der Waals surface area (Å²) in [6.07, 6.45) is 1.82. The van der Waals surface area contributed by atoms with Gasteiger partial charge in [-0.3, -0.25) is 0 Å². The number of esters is 2. The van der Waals surface area contributed by atoms with E-state index < -0.39 is 0 Å². The first-order valence-corrected chi connectivity index (χ1v) is 9.39. The first-order valence-electron chi connectivity index (χ1n) is 9.39. The van der Waals surface area contributed by atoms with E-state index >= 15 is 0 Å². The molecule has 7 nitrogen and oxygen atoms in total. The lowest BCUT2D eigenvalue weighted by atomic mass is 10.0. The number of ether oxygens (including phenoxy) is 4. The monoisotopic (exact) mass is 396 g/mol. The van der Waals surface area contributed by atoms with Crippen molar-refractivity contribution in [1.29, 1.82) is 0 Å². The third-order valence-corrected chi connectivity index (χ3v) is 4.91. The normalized spacial score (nSPS) is 17.1. The molecule has 3 heterocycles. The van der Waals surface area contributed by atoms with Gasteiger partial charge in [0.1, 0.15) is 19.5 Å². The fourth-order valence-corrected chi connectivity index (χ4v) is 3.44. The lowest BCUT2D eigenvalue weighted by Crippen LogP contribution is -2.11.